The van der Waals surface area contributed by atoms with Crippen LogP contribution in [0.15, 0.2) is 53.4 Å². The number of carbonyl (C=O) groups is 2. The van der Waals surface area contributed by atoms with Crippen LogP contribution in [0.5, 0.6) is 5.75 Å². The SMILES string of the molecule is CCN(CC)CN1C(=O)/C(=C2\SC(=S)N(c3ccccc3OC)C2=O)c2ccccc21. The van der Waals surface area contributed by atoms with Gasteiger partial charge in [-0.3, -0.25) is 24.3 Å². The molecule has 31 heavy (non-hydrogen) atoms. The molecule has 0 unspecified atom stereocenters. The summed E-state index contributed by atoms with van der Waals surface area (Å²) in [7, 11) is 1.55. The van der Waals surface area contributed by atoms with Crippen LogP contribution in [-0.4, -0.2) is 47.9 Å². The van der Waals surface area contributed by atoms with Crippen LogP contribution in [-0.2, 0) is 9.59 Å². The summed E-state index contributed by atoms with van der Waals surface area (Å²) in [6.45, 7) is 6.25. The number of rotatable bonds is 6. The molecule has 1 fully saturated rings. The molecular formula is C23H23N3O3S2. The molecule has 6 nitrogen and oxygen atoms in total. The number of thioether (sulfide) groups is 1. The Kier molecular flexibility index (Phi) is 6.13. The highest BCUT2D eigenvalue weighted by atomic mass is 32.2. The smallest absolute Gasteiger partial charge is 0.271 e. The Hall–Kier alpha value is -2.68. The molecule has 0 N–H and O–H groups in total. The van der Waals surface area contributed by atoms with Crippen LogP contribution < -0.4 is 14.5 Å². The van der Waals surface area contributed by atoms with Crippen molar-refractivity contribution in [1.82, 2.24) is 4.90 Å². The Morgan fingerprint density at radius 2 is 1.61 bits per heavy atom. The molecular weight excluding hydrogens is 430 g/mol. The molecule has 0 bridgehead atoms. The maximum Gasteiger partial charge on any atom is 0.271 e. The Balaban J connectivity index is 1.79. The average molecular weight is 454 g/mol. The summed E-state index contributed by atoms with van der Waals surface area (Å²) in [6.07, 6.45) is 0. The van der Waals surface area contributed by atoms with Crippen molar-refractivity contribution in [2.45, 2.75) is 13.8 Å². The summed E-state index contributed by atoms with van der Waals surface area (Å²) in [6, 6.07) is 14.8. The number of nitrogens with zero attached hydrogens (tertiary/aromatic N) is 3. The average Bonchev–Trinajstić information content (AvgIpc) is 3.23. The molecule has 0 atom stereocenters. The molecule has 2 heterocycles. The van der Waals surface area contributed by atoms with Crippen molar-refractivity contribution in [1.29, 1.82) is 0 Å². The lowest BCUT2D eigenvalue weighted by molar-refractivity contribution is -0.115. The van der Waals surface area contributed by atoms with Crippen LogP contribution in [0.1, 0.15) is 19.4 Å². The number of para-hydroxylation sites is 3. The Morgan fingerprint density at radius 1 is 0.968 bits per heavy atom. The van der Waals surface area contributed by atoms with E-state index in [-0.39, 0.29) is 11.8 Å². The van der Waals surface area contributed by atoms with Gasteiger partial charge in [-0.05, 0) is 31.3 Å². The number of amides is 2. The fourth-order valence-electron chi connectivity index (χ4n) is 3.80. The fourth-order valence-corrected chi connectivity index (χ4v) is 5.16. The highest BCUT2D eigenvalue weighted by Crippen LogP contribution is 2.46. The minimum atomic E-state index is -0.303. The van der Waals surface area contributed by atoms with Crippen molar-refractivity contribution >= 4 is 57.1 Å². The third-order valence-electron chi connectivity index (χ3n) is 5.48. The first kappa shape index (κ1) is 21.5. The standard InChI is InChI=1S/C23H23N3O3S2/c1-4-24(5-2)14-25-16-11-7-6-10-15(16)19(21(25)27)20-22(28)26(23(30)31-20)17-12-8-9-13-18(17)29-3/h6-13H,4-5,14H2,1-3H3/b20-19-. The highest BCUT2D eigenvalue weighted by molar-refractivity contribution is 8.27. The third-order valence-corrected chi connectivity index (χ3v) is 6.85. The van der Waals surface area contributed by atoms with Gasteiger partial charge in [0.25, 0.3) is 11.8 Å². The first-order valence-corrected chi connectivity index (χ1v) is 11.3. The first-order valence-electron chi connectivity index (χ1n) is 10.1. The van der Waals surface area contributed by atoms with Gasteiger partial charge in [-0.25, -0.2) is 0 Å². The number of carbonyl (C=O) groups excluding carboxylic acids is 2. The van der Waals surface area contributed by atoms with Gasteiger partial charge in [-0.15, -0.1) is 0 Å². The fraction of sp³-hybridized carbons (Fsp3) is 0.261. The van der Waals surface area contributed by atoms with Gasteiger partial charge < -0.3 is 4.74 Å². The molecule has 2 aromatic carbocycles. The Labute approximate surface area is 191 Å². The van der Waals surface area contributed by atoms with Crippen molar-refractivity contribution in [3.05, 3.63) is 59.0 Å². The van der Waals surface area contributed by atoms with E-state index in [2.05, 4.69) is 18.7 Å². The maximum atomic E-state index is 13.5. The number of ether oxygens (including phenoxy) is 1. The van der Waals surface area contributed by atoms with Crippen molar-refractivity contribution in [3.8, 4) is 5.75 Å². The second-order valence-corrected chi connectivity index (χ2v) is 8.72. The lowest BCUT2D eigenvalue weighted by Crippen LogP contribution is -2.39. The number of benzene rings is 2. The molecule has 2 aliphatic heterocycles. The second-order valence-electron chi connectivity index (χ2n) is 7.08. The summed E-state index contributed by atoms with van der Waals surface area (Å²) in [5.74, 6) is 0.0716. The number of methoxy groups -OCH3 is 1. The molecule has 2 aliphatic rings. The molecule has 160 valence electrons. The van der Waals surface area contributed by atoms with Gasteiger partial charge in [0, 0.05) is 5.56 Å². The van der Waals surface area contributed by atoms with E-state index >= 15 is 0 Å². The molecule has 2 aromatic rings. The normalized spacial score (nSPS) is 18.4. The number of hydrogen-bond donors (Lipinski definition) is 0. The molecule has 2 amide bonds. The van der Waals surface area contributed by atoms with Crippen LogP contribution in [0.4, 0.5) is 11.4 Å². The monoisotopic (exact) mass is 453 g/mol. The zero-order valence-corrected chi connectivity index (χ0v) is 19.3. The first-order chi connectivity index (χ1) is 15.0. The predicted octanol–water partition coefficient (Wildman–Crippen LogP) is 4.12. The van der Waals surface area contributed by atoms with E-state index in [4.69, 9.17) is 17.0 Å². The molecule has 0 spiro atoms. The van der Waals surface area contributed by atoms with E-state index in [0.717, 1.165) is 36.1 Å². The minimum Gasteiger partial charge on any atom is -0.495 e. The Bertz CT molecular complexity index is 1090. The molecule has 0 radical (unpaired) electrons. The van der Waals surface area contributed by atoms with Crippen LogP contribution in [0.2, 0.25) is 0 Å². The largest absolute Gasteiger partial charge is 0.495 e. The van der Waals surface area contributed by atoms with Gasteiger partial charge >= 0.3 is 0 Å². The minimum absolute atomic E-state index is 0.173. The number of anilines is 2. The molecule has 8 heteroatoms. The van der Waals surface area contributed by atoms with Crippen molar-refractivity contribution in [2.24, 2.45) is 0 Å². The van der Waals surface area contributed by atoms with Gasteiger partial charge in [0.2, 0.25) is 0 Å². The predicted molar refractivity (Wildman–Crippen MR) is 129 cm³/mol. The lowest BCUT2D eigenvalue weighted by Gasteiger charge is -2.25. The van der Waals surface area contributed by atoms with E-state index < -0.39 is 0 Å². The van der Waals surface area contributed by atoms with E-state index in [1.54, 1.807) is 24.1 Å². The van der Waals surface area contributed by atoms with Crippen LogP contribution in [0, 0.1) is 0 Å². The zero-order valence-electron chi connectivity index (χ0n) is 17.6. The molecule has 1 saturated heterocycles. The van der Waals surface area contributed by atoms with Gasteiger partial charge in [0.1, 0.15) is 5.75 Å². The number of hydrogen-bond acceptors (Lipinski definition) is 6. The number of thiocarbonyl (C=S) groups is 1. The quantitative estimate of drug-likeness (QED) is 0.485. The van der Waals surface area contributed by atoms with Crippen molar-refractivity contribution in [2.75, 3.05) is 36.7 Å². The lowest BCUT2D eigenvalue weighted by atomic mass is 10.1. The van der Waals surface area contributed by atoms with Crippen LogP contribution >= 0.6 is 24.0 Å². The zero-order chi connectivity index (χ0) is 22.1. The summed E-state index contributed by atoms with van der Waals surface area (Å²) >= 11 is 6.70. The second kappa shape index (κ2) is 8.82. The maximum absolute atomic E-state index is 13.5. The molecule has 4 rings (SSSR count). The molecule has 0 aliphatic carbocycles. The summed E-state index contributed by atoms with van der Waals surface area (Å²) in [4.78, 5) is 32.7. The van der Waals surface area contributed by atoms with Crippen LogP contribution in [0.3, 0.4) is 0 Å². The van der Waals surface area contributed by atoms with Gasteiger partial charge in [0.05, 0.1) is 35.6 Å². The van der Waals surface area contributed by atoms with Gasteiger partial charge in [-0.1, -0.05) is 68.2 Å². The van der Waals surface area contributed by atoms with Gasteiger partial charge in [-0.2, -0.15) is 0 Å². The van der Waals surface area contributed by atoms with E-state index in [9.17, 15) is 9.59 Å². The molecule has 0 aromatic heterocycles. The topological polar surface area (TPSA) is 53.1 Å². The van der Waals surface area contributed by atoms with E-state index in [1.165, 1.54) is 4.90 Å². The molecule has 0 saturated carbocycles. The number of fused-ring (bicyclic) bond motifs is 1. The third kappa shape index (κ3) is 3.64. The Morgan fingerprint density at radius 3 is 2.29 bits per heavy atom. The summed E-state index contributed by atoms with van der Waals surface area (Å²) in [5.41, 5.74) is 2.57. The van der Waals surface area contributed by atoms with Crippen molar-refractivity contribution in [3.63, 3.8) is 0 Å². The summed E-state index contributed by atoms with van der Waals surface area (Å²) < 4.78 is 5.80. The van der Waals surface area contributed by atoms with E-state index in [1.807, 2.05) is 36.4 Å². The van der Waals surface area contributed by atoms with Gasteiger partial charge in [0.15, 0.2) is 4.32 Å². The highest BCUT2D eigenvalue weighted by Gasteiger charge is 2.43. The van der Waals surface area contributed by atoms with E-state index in [0.29, 0.717) is 32.9 Å². The van der Waals surface area contributed by atoms with Crippen molar-refractivity contribution < 1.29 is 14.3 Å². The summed E-state index contributed by atoms with van der Waals surface area (Å²) in [5, 5.41) is 0. The van der Waals surface area contributed by atoms with Crippen LogP contribution in [0.25, 0.3) is 5.57 Å².